The Bertz CT molecular complexity index is 1490. The third-order valence-corrected chi connectivity index (χ3v) is 6.92. The summed E-state index contributed by atoms with van der Waals surface area (Å²) in [5, 5.41) is 0. The van der Waals surface area contributed by atoms with Gasteiger partial charge in [-0.1, -0.05) is 48.5 Å². The lowest BCUT2D eigenvalue weighted by atomic mass is 10.1. The van der Waals surface area contributed by atoms with Gasteiger partial charge in [-0.3, -0.25) is 0 Å². The fourth-order valence-corrected chi connectivity index (χ4v) is 4.39. The van der Waals surface area contributed by atoms with Gasteiger partial charge in [-0.15, -0.1) is 0 Å². The van der Waals surface area contributed by atoms with Gasteiger partial charge in [0, 0.05) is 12.3 Å². The number of aromatic nitrogens is 1. The minimum atomic E-state index is 0.244. The molecule has 210 valence electrons. The maximum absolute atomic E-state index is 6.08. The molecule has 0 aliphatic carbocycles. The van der Waals surface area contributed by atoms with E-state index in [0.29, 0.717) is 30.6 Å². The lowest BCUT2D eigenvalue weighted by molar-refractivity contribution is 0.263. The largest absolute Gasteiger partial charge is 0.491 e. The molecule has 0 bridgehead atoms. The van der Waals surface area contributed by atoms with Gasteiger partial charge in [0.25, 0.3) is 0 Å². The predicted octanol–water partition coefficient (Wildman–Crippen LogP) is 7.56. The second-order valence-electron chi connectivity index (χ2n) is 10.2. The van der Waals surface area contributed by atoms with Crippen molar-refractivity contribution in [2.24, 2.45) is 0 Å². The molecule has 2 atom stereocenters. The lowest BCUT2D eigenvalue weighted by Gasteiger charge is -2.10. The molecule has 42 heavy (non-hydrogen) atoms. The number of pyridine rings is 1. The molecule has 5 aromatic rings. The first-order chi connectivity index (χ1) is 20.7. The monoisotopic (exact) mass is 559 g/mol. The van der Waals surface area contributed by atoms with Crippen molar-refractivity contribution in [3.8, 4) is 56.9 Å². The van der Waals surface area contributed by atoms with Crippen LogP contribution >= 0.6 is 0 Å². The van der Waals surface area contributed by atoms with E-state index in [1.807, 2.05) is 84.9 Å². The van der Waals surface area contributed by atoms with Gasteiger partial charge in [-0.2, -0.15) is 0 Å². The van der Waals surface area contributed by atoms with Crippen LogP contribution in [0.3, 0.4) is 0 Å². The average Bonchev–Trinajstić information content (AvgIpc) is 3.97. The van der Waals surface area contributed by atoms with E-state index in [0.717, 1.165) is 52.7 Å². The van der Waals surface area contributed by atoms with E-state index >= 15 is 0 Å². The molecule has 0 spiro atoms. The Labute approximate surface area is 244 Å². The number of nitrogens with zero attached hydrogens (tertiary/aromatic N) is 1. The summed E-state index contributed by atoms with van der Waals surface area (Å²) in [6, 6.07) is 35.6. The van der Waals surface area contributed by atoms with E-state index in [9.17, 15) is 0 Å². The molecule has 7 rings (SSSR count). The highest BCUT2D eigenvalue weighted by Gasteiger charge is 2.23. The Morgan fingerprint density at radius 2 is 0.905 bits per heavy atom. The molecule has 7 heteroatoms. The summed E-state index contributed by atoms with van der Waals surface area (Å²) in [7, 11) is 0. The van der Waals surface area contributed by atoms with E-state index in [-0.39, 0.29) is 12.2 Å². The molecule has 1 aromatic heterocycles. The zero-order chi connectivity index (χ0) is 28.1. The van der Waals surface area contributed by atoms with Crippen LogP contribution in [0, 0.1) is 0 Å². The van der Waals surface area contributed by atoms with Crippen LogP contribution in [0.25, 0.3) is 22.3 Å². The fraction of sp³-hybridized carbons (Fsp3) is 0.171. The molecule has 2 aliphatic rings. The smallest absolute Gasteiger partial charge is 0.222 e. The van der Waals surface area contributed by atoms with Crippen LogP contribution in [0.15, 0.2) is 115 Å². The minimum Gasteiger partial charge on any atom is -0.491 e. The van der Waals surface area contributed by atoms with Crippen LogP contribution in [0.2, 0.25) is 0 Å². The zero-order valence-corrected chi connectivity index (χ0v) is 22.8. The van der Waals surface area contributed by atoms with Crippen LogP contribution in [-0.2, 0) is 9.47 Å². The summed E-state index contributed by atoms with van der Waals surface area (Å²) in [5.41, 5.74) is 4.38. The molecular formula is C35H29NO6. The molecule has 2 fully saturated rings. The minimum absolute atomic E-state index is 0.244. The maximum Gasteiger partial charge on any atom is 0.222 e. The number of hydrogen-bond acceptors (Lipinski definition) is 7. The molecule has 4 aromatic carbocycles. The zero-order valence-electron chi connectivity index (χ0n) is 22.8. The molecule has 0 amide bonds. The van der Waals surface area contributed by atoms with Gasteiger partial charge in [0.15, 0.2) is 0 Å². The highest BCUT2D eigenvalue weighted by molar-refractivity contribution is 5.66. The van der Waals surface area contributed by atoms with Gasteiger partial charge < -0.3 is 28.4 Å². The maximum atomic E-state index is 6.08. The van der Waals surface area contributed by atoms with Gasteiger partial charge >= 0.3 is 0 Å². The summed E-state index contributed by atoms with van der Waals surface area (Å²) in [6.07, 6.45) is 2.16. The molecule has 2 unspecified atom stereocenters. The molecule has 0 radical (unpaired) electrons. The van der Waals surface area contributed by atoms with Crippen LogP contribution in [0.1, 0.15) is 0 Å². The second kappa shape index (κ2) is 11.9. The Kier molecular flexibility index (Phi) is 7.42. The topological polar surface area (TPSA) is 74.9 Å². The SMILES string of the molecule is c1cc(Oc2ccc(-c3ccc(OCC4CO4)cc3)cc2)cc(Oc2ccc(-c3ccc(OCC4CO4)cc3)cc2)n1. The summed E-state index contributed by atoms with van der Waals surface area (Å²) >= 11 is 0. The molecular weight excluding hydrogens is 530 g/mol. The van der Waals surface area contributed by atoms with Crippen molar-refractivity contribution in [3.05, 3.63) is 115 Å². The van der Waals surface area contributed by atoms with Crippen LogP contribution < -0.4 is 18.9 Å². The normalized spacial score (nSPS) is 16.9. The summed E-state index contributed by atoms with van der Waals surface area (Å²) in [5.74, 6) is 4.19. The fourth-order valence-electron chi connectivity index (χ4n) is 4.39. The molecule has 0 saturated carbocycles. The van der Waals surface area contributed by atoms with Gasteiger partial charge in [0.1, 0.15) is 54.2 Å². The van der Waals surface area contributed by atoms with Gasteiger partial charge in [-0.25, -0.2) is 4.98 Å². The molecule has 3 heterocycles. The quantitative estimate of drug-likeness (QED) is 0.146. The van der Waals surface area contributed by atoms with Crippen LogP contribution in [0.4, 0.5) is 0 Å². The van der Waals surface area contributed by atoms with Gasteiger partial charge in [0.05, 0.1) is 13.2 Å². The van der Waals surface area contributed by atoms with Crippen molar-refractivity contribution in [1.82, 2.24) is 4.98 Å². The van der Waals surface area contributed by atoms with Crippen molar-refractivity contribution in [3.63, 3.8) is 0 Å². The molecule has 7 nitrogen and oxygen atoms in total. The Hall–Kier alpha value is -4.85. The van der Waals surface area contributed by atoms with E-state index in [4.69, 9.17) is 28.4 Å². The summed E-state index contributed by atoms with van der Waals surface area (Å²) in [6.45, 7) is 2.78. The van der Waals surface area contributed by atoms with E-state index in [1.165, 1.54) is 0 Å². The number of rotatable bonds is 12. The third-order valence-electron chi connectivity index (χ3n) is 6.92. The highest BCUT2D eigenvalue weighted by atomic mass is 16.6. The number of hydrogen-bond donors (Lipinski definition) is 0. The predicted molar refractivity (Wildman–Crippen MR) is 159 cm³/mol. The van der Waals surface area contributed by atoms with Gasteiger partial charge in [-0.05, 0) is 76.9 Å². The molecule has 2 saturated heterocycles. The standard InChI is InChI=1S/C35H29NO6/c1-9-28(37-20-33-22-39-33)10-2-24(1)26-5-13-30(14-6-26)41-32-17-18-36-35(19-32)42-31-15-7-27(8-16-31)25-3-11-29(12-4-25)38-21-34-23-40-34/h1-19,33-34H,20-23H2. The van der Waals surface area contributed by atoms with Crippen LogP contribution in [-0.4, -0.2) is 43.6 Å². The highest BCUT2D eigenvalue weighted by Crippen LogP contribution is 2.31. The van der Waals surface area contributed by atoms with E-state index in [2.05, 4.69) is 17.1 Å². The van der Waals surface area contributed by atoms with Crippen molar-refractivity contribution in [2.45, 2.75) is 12.2 Å². The summed E-state index contributed by atoms with van der Waals surface area (Å²) < 4.78 is 33.9. The number of benzene rings is 4. The Morgan fingerprint density at radius 3 is 1.33 bits per heavy atom. The van der Waals surface area contributed by atoms with Crippen LogP contribution in [0.5, 0.6) is 34.6 Å². The first-order valence-electron chi connectivity index (χ1n) is 14.0. The van der Waals surface area contributed by atoms with E-state index in [1.54, 1.807) is 18.3 Å². The first-order valence-corrected chi connectivity index (χ1v) is 14.0. The van der Waals surface area contributed by atoms with Gasteiger partial charge in [0.2, 0.25) is 5.88 Å². The number of epoxide rings is 2. The Balaban J connectivity index is 0.941. The Morgan fingerprint density at radius 1 is 0.500 bits per heavy atom. The molecule has 2 aliphatic heterocycles. The van der Waals surface area contributed by atoms with Crippen molar-refractivity contribution >= 4 is 0 Å². The average molecular weight is 560 g/mol. The van der Waals surface area contributed by atoms with E-state index < -0.39 is 0 Å². The third kappa shape index (κ3) is 6.89. The first kappa shape index (κ1) is 26.1. The van der Waals surface area contributed by atoms with Crippen molar-refractivity contribution in [2.75, 3.05) is 26.4 Å². The lowest BCUT2D eigenvalue weighted by Crippen LogP contribution is -2.03. The van der Waals surface area contributed by atoms with Crippen molar-refractivity contribution < 1.29 is 28.4 Å². The summed E-state index contributed by atoms with van der Waals surface area (Å²) in [4.78, 5) is 4.35. The molecule has 0 N–H and O–H groups in total. The second-order valence-corrected chi connectivity index (χ2v) is 10.2. The van der Waals surface area contributed by atoms with Crippen molar-refractivity contribution in [1.29, 1.82) is 0 Å². The number of ether oxygens (including phenoxy) is 6.